The molecule has 1 heterocycles. The summed E-state index contributed by atoms with van der Waals surface area (Å²) in [5.41, 5.74) is 0.313. The zero-order chi connectivity index (χ0) is 16.9. The number of hydrogen-bond donors (Lipinski definition) is 1. The molecular formula is C17H17F2N3O2. The number of aromatic nitrogens is 2. The first-order valence-electron chi connectivity index (χ1n) is 7.81. The molecule has 0 saturated heterocycles. The van der Waals surface area contributed by atoms with Crippen molar-refractivity contribution in [3.05, 3.63) is 53.9 Å². The van der Waals surface area contributed by atoms with Gasteiger partial charge in [0.05, 0.1) is 12.4 Å². The van der Waals surface area contributed by atoms with E-state index in [1.165, 1.54) is 18.2 Å². The summed E-state index contributed by atoms with van der Waals surface area (Å²) in [6, 6.07) is 5.79. The monoisotopic (exact) mass is 333 g/mol. The fraction of sp³-hybridized carbons (Fsp3) is 0.353. The zero-order valence-corrected chi connectivity index (χ0v) is 12.9. The van der Waals surface area contributed by atoms with Crippen molar-refractivity contribution in [2.24, 2.45) is 0 Å². The molecule has 1 fully saturated rings. The van der Waals surface area contributed by atoms with Gasteiger partial charge in [-0.3, -0.25) is 4.79 Å². The van der Waals surface area contributed by atoms with Crippen molar-refractivity contribution < 1.29 is 18.3 Å². The predicted octanol–water partition coefficient (Wildman–Crippen LogP) is 2.87. The van der Waals surface area contributed by atoms with Crippen LogP contribution in [0.4, 0.5) is 8.78 Å². The number of nitrogens with one attached hydrogen (secondary N) is 1. The summed E-state index contributed by atoms with van der Waals surface area (Å²) in [5, 5.41) is 2.91. The fourth-order valence-corrected chi connectivity index (χ4v) is 2.73. The van der Waals surface area contributed by atoms with Crippen LogP contribution in [-0.4, -0.2) is 28.0 Å². The smallest absolute Gasteiger partial charge is 0.316 e. The van der Waals surface area contributed by atoms with Crippen LogP contribution in [0.3, 0.4) is 0 Å². The van der Waals surface area contributed by atoms with E-state index in [0.29, 0.717) is 5.56 Å². The standard InChI is InChI=1S/C17H17F2N3O2/c18-12-3-1-2-11(8-12)16(23)22-14-4-6-15(7-5-14)24-17-20-9-13(19)10-21-17/h1-3,8-10,14-15H,4-7H2,(H,22,23). The normalized spacial score (nSPS) is 20.4. The summed E-state index contributed by atoms with van der Waals surface area (Å²) in [5.74, 6) is -1.22. The van der Waals surface area contributed by atoms with Gasteiger partial charge in [0.1, 0.15) is 11.9 Å². The van der Waals surface area contributed by atoms with Crippen molar-refractivity contribution in [3.8, 4) is 6.01 Å². The van der Waals surface area contributed by atoms with E-state index >= 15 is 0 Å². The summed E-state index contributed by atoms with van der Waals surface area (Å²) in [4.78, 5) is 19.7. The molecule has 1 aromatic carbocycles. The highest BCUT2D eigenvalue weighted by Crippen LogP contribution is 2.22. The molecule has 0 spiro atoms. The van der Waals surface area contributed by atoms with Crippen molar-refractivity contribution in [1.82, 2.24) is 15.3 Å². The molecule has 3 rings (SSSR count). The van der Waals surface area contributed by atoms with E-state index in [9.17, 15) is 13.6 Å². The Morgan fingerprint density at radius 2 is 1.79 bits per heavy atom. The third kappa shape index (κ3) is 4.24. The Labute approximate surface area is 138 Å². The molecule has 1 N–H and O–H groups in total. The average Bonchev–Trinajstić information content (AvgIpc) is 2.59. The first-order valence-corrected chi connectivity index (χ1v) is 7.81. The molecule has 0 aliphatic heterocycles. The Morgan fingerprint density at radius 3 is 2.46 bits per heavy atom. The average molecular weight is 333 g/mol. The van der Waals surface area contributed by atoms with Crippen LogP contribution in [0.25, 0.3) is 0 Å². The topological polar surface area (TPSA) is 64.1 Å². The van der Waals surface area contributed by atoms with E-state index in [1.807, 2.05) is 0 Å². The van der Waals surface area contributed by atoms with Gasteiger partial charge in [0.15, 0.2) is 5.82 Å². The van der Waals surface area contributed by atoms with Gasteiger partial charge in [-0.25, -0.2) is 18.7 Å². The van der Waals surface area contributed by atoms with Crippen LogP contribution in [0.1, 0.15) is 36.0 Å². The van der Waals surface area contributed by atoms with Crippen LogP contribution in [0.15, 0.2) is 36.7 Å². The maximum absolute atomic E-state index is 13.2. The number of carbonyl (C=O) groups excluding carboxylic acids is 1. The molecule has 5 nitrogen and oxygen atoms in total. The van der Waals surface area contributed by atoms with Crippen LogP contribution in [0.5, 0.6) is 6.01 Å². The van der Waals surface area contributed by atoms with Gasteiger partial charge >= 0.3 is 6.01 Å². The van der Waals surface area contributed by atoms with Gasteiger partial charge < -0.3 is 10.1 Å². The SMILES string of the molecule is O=C(NC1CCC(Oc2ncc(F)cn2)CC1)c1cccc(F)c1. The Balaban J connectivity index is 1.48. The molecule has 0 atom stereocenters. The van der Waals surface area contributed by atoms with Gasteiger partial charge in [-0.05, 0) is 43.9 Å². The number of hydrogen-bond acceptors (Lipinski definition) is 4. The van der Waals surface area contributed by atoms with Gasteiger partial charge in [0.25, 0.3) is 5.91 Å². The van der Waals surface area contributed by atoms with E-state index in [4.69, 9.17) is 4.74 Å². The molecule has 1 saturated carbocycles. The molecule has 0 unspecified atom stereocenters. The molecule has 1 aliphatic rings. The summed E-state index contributed by atoms with van der Waals surface area (Å²) in [6.45, 7) is 0. The minimum Gasteiger partial charge on any atom is -0.460 e. The van der Waals surface area contributed by atoms with Crippen molar-refractivity contribution in [1.29, 1.82) is 0 Å². The number of ether oxygens (including phenoxy) is 1. The minimum absolute atomic E-state index is 0.0229. The number of nitrogens with zero attached hydrogens (tertiary/aromatic N) is 2. The molecule has 24 heavy (non-hydrogen) atoms. The predicted molar refractivity (Wildman–Crippen MR) is 82.5 cm³/mol. The second-order valence-corrected chi connectivity index (χ2v) is 5.76. The molecule has 0 radical (unpaired) electrons. The lowest BCUT2D eigenvalue weighted by Crippen LogP contribution is -2.39. The van der Waals surface area contributed by atoms with E-state index in [-0.39, 0.29) is 24.1 Å². The van der Waals surface area contributed by atoms with E-state index in [2.05, 4.69) is 15.3 Å². The lowest BCUT2D eigenvalue weighted by Gasteiger charge is -2.28. The van der Waals surface area contributed by atoms with Crippen LogP contribution < -0.4 is 10.1 Å². The van der Waals surface area contributed by atoms with Gasteiger partial charge in [0, 0.05) is 11.6 Å². The van der Waals surface area contributed by atoms with Crippen molar-refractivity contribution in [3.63, 3.8) is 0 Å². The maximum Gasteiger partial charge on any atom is 0.316 e. The lowest BCUT2D eigenvalue weighted by molar-refractivity contribution is 0.0884. The van der Waals surface area contributed by atoms with Crippen molar-refractivity contribution >= 4 is 5.91 Å². The molecular weight excluding hydrogens is 316 g/mol. The Hall–Kier alpha value is -2.57. The molecule has 2 aromatic rings. The second kappa shape index (κ2) is 7.33. The summed E-state index contributed by atoms with van der Waals surface area (Å²) in [7, 11) is 0. The largest absolute Gasteiger partial charge is 0.460 e. The zero-order valence-electron chi connectivity index (χ0n) is 12.9. The number of rotatable bonds is 4. The van der Waals surface area contributed by atoms with Gasteiger partial charge in [-0.1, -0.05) is 6.07 Å². The maximum atomic E-state index is 13.2. The first kappa shape index (κ1) is 16.3. The highest BCUT2D eigenvalue weighted by Gasteiger charge is 2.24. The summed E-state index contributed by atoms with van der Waals surface area (Å²) < 4.78 is 31.5. The Kier molecular flexibility index (Phi) is 4.98. The van der Waals surface area contributed by atoms with Crippen molar-refractivity contribution in [2.45, 2.75) is 37.8 Å². The summed E-state index contributed by atoms with van der Waals surface area (Å²) in [6.07, 6.45) is 5.02. The van der Waals surface area contributed by atoms with Crippen LogP contribution in [-0.2, 0) is 0 Å². The van der Waals surface area contributed by atoms with Gasteiger partial charge in [0.2, 0.25) is 0 Å². The van der Waals surface area contributed by atoms with Gasteiger partial charge in [-0.15, -0.1) is 0 Å². The molecule has 1 aliphatic carbocycles. The van der Waals surface area contributed by atoms with Crippen LogP contribution >= 0.6 is 0 Å². The number of halogens is 2. The molecule has 7 heteroatoms. The number of amides is 1. The summed E-state index contributed by atoms with van der Waals surface area (Å²) >= 11 is 0. The third-order valence-corrected chi connectivity index (χ3v) is 3.96. The van der Waals surface area contributed by atoms with E-state index < -0.39 is 11.6 Å². The molecule has 0 bridgehead atoms. The van der Waals surface area contributed by atoms with E-state index in [1.54, 1.807) is 6.07 Å². The fourth-order valence-electron chi connectivity index (χ4n) is 2.73. The first-order chi connectivity index (χ1) is 11.6. The number of benzene rings is 1. The highest BCUT2D eigenvalue weighted by atomic mass is 19.1. The minimum atomic E-state index is -0.508. The molecule has 1 amide bonds. The molecule has 126 valence electrons. The highest BCUT2D eigenvalue weighted by molar-refractivity contribution is 5.94. The second-order valence-electron chi connectivity index (χ2n) is 5.76. The quantitative estimate of drug-likeness (QED) is 0.934. The van der Waals surface area contributed by atoms with Crippen LogP contribution in [0.2, 0.25) is 0 Å². The van der Waals surface area contributed by atoms with E-state index in [0.717, 1.165) is 38.1 Å². The van der Waals surface area contributed by atoms with Gasteiger partial charge in [-0.2, -0.15) is 0 Å². The lowest BCUT2D eigenvalue weighted by atomic mass is 9.92. The van der Waals surface area contributed by atoms with Crippen LogP contribution in [0, 0.1) is 11.6 Å². The Bertz CT molecular complexity index is 701. The Morgan fingerprint density at radius 1 is 1.08 bits per heavy atom. The van der Waals surface area contributed by atoms with Crippen molar-refractivity contribution in [2.75, 3.05) is 0 Å². The third-order valence-electron chi connectivity index (χ3n) is 3.96. The molecule has 1 aromatic heterocycles. The number of carbonyl (C=O) groups is 1.